The van der Waals surface area contributed by atoms with Crippen molar-refractivity contribution in [3.63, 3.8) is 0 Å². The number of thioether (sulfide) groups is 1. The number of carboxylic acids is 1. The standard InChI is InChI=1S/C12H12N2O3S2/c15-11(16)9-2-4-10(5-3-9)17-6-1-7-18-12-14-13-8-19-12/h2-5,8H,1,6-7H2,(H,15,16). The number of ether oxygens (including phenoxy) is 1. The molecule has 1 heterocycles. The second-order valence-electron chi connectivity index (χ2n) is 3.58. The molecule has 0 aliphatic heterocycles. The number of rotatable bonds is 7. The Balaban J connectivity index is 1.66. The van der Waals surface area contributed by atoms with Gasteiger partial charge in [-0.1, -0.05) is 23.1 Å². The van der Waals surface area contributed by atoms with Crippen molar-refractivity contribution < 1.29 is 14.6 Å². The third-order valence-corrected chi connectivity index (χ3v) is 4.17. The fourth-order valence-corrected chi connectivity index (χ4v) is 2.80. The summed E-state index contributed by atoms with van der Waals surface area (Å²) in [5, 5.41) is 16.5. The third-order valence-electron chi connectivity index (χ3n) is 2.22. The number of carboxylic acid groups (broad SMARTS) is 1. The molecule has 0 atom stereocenters. The average molecular weight is 296 g/mol. The lowest BCUT2D eigenvalue weighted by molar-refractivity contribution is 0.0697. The molecule has 1 N–H and O–H groups in total. The highest BCUT2D eigenvalue weighted by Crippen LogP contribution is 2.19. The molecule has 5 nitrogen and oxygen atoms in total. The number of nitrogens with zero attached hydrogens (tertiary/aromatic N) is 2. The van der Waals surface area contributed by atoms with Crippen LogP contribution in [0.25, 0.3) is 0 Å². The van der Waals surface area contributed by atoms with Crippen LogP contribution in [0.15, 0.2) is 34.1 Å². The van der Waals surface area contributed by atoms with Crippen molar-refractivity contribution in [1.29, 1.82) is 0 Å². The van der Waals surface area contributed by atoms with E-state index in [2.05, 4.69) is 10.2 Å². The maximum absolute atomic E-state index is 10.7. The highest BCUT2D eigenvalue weighted by molar-refractivity contribution is 8.00. The van der Waals surface area contributed by atoms with Crippen LogP contribution in [0.4, 0.5) is 0 Å². The second kappa shape index (κ2) is 7.10. The van der Waals surface area contributed by atoms with E-state index in [1.54, 1.807) is 29.4 Å². The Hall–Kier alpha value is -1.60. The van der Waals surface area contributed by atoms with Gasteiger partial charge in [0.1, 0.15) is 11.3 Å². The van der Waals surface area contributed by atoms with Gasteiger partial charge in [-0.3, -0.25) is 0 Å². The zero-order valence-corrected chi connectivity index (χ0v) is 11.6. The maximum atomic E-state index is 10.7. The van der Waals surface area contributed by atoms with Crippen LogP contribution in [0.3, 0.4) is 0 Å². The van der Waals surface area contributed by atoms with Gasteiger partial charge < -0.3 is 9.84 Å². The van der Waals surface area contributed by atoms with Crippen LogP contribution >= 0.6 is 23.1 Å². The molecular weight excluding hydrogens is 284 g/mol. The van der Waals surface area contributed by atoms with Gasteiger partial charge in [0.05, 0.1) is 12.2 Å². The topological polar surface area (TPSA) is 72.3 Å². The first-order valence-electron chi connectivity index (χ1n) is 5.61. The van der Waals surface area contributed by atoms with E-state index in [0.29, 0.717) is 12.4 Å². The minimum Gasteiger partial charge on any atom is -0.494 e. The first kappa shape index (κ1) is 13.8. The second-order valence-corrected chi connectivity index (χ2v) is 5.76. The van der Waals surface area contributed by atoms with Crippen LogP contribution in [-0.2, 0) is 0 Å². The summed E-state index contributed by atoms with van der Waals surface area (Å²) >= 11 is 3.18. The highest BCUT2D eigenvalue weighted by Gasteiger charge is 2.02. The predicted octanol–water partition coefficient (Wildman–Crippen LogP) is 2.80. The normalized spacial score (nSPS) is 10.3. The van der Waals surface area contributed by atoms with Gasteiger partial charge in [-0.05, 0) is 30.7 Å². The fraction of sp³-hybridized carbons (Fsp3) is 0.250. The van der Waals surface area contributed by atoms with Gasteiger partial charge in [-0.25, -0.2) is 4.79 Å². The molecule has 0 fully saturated rings. The van der Waals surface area contributed by atoms with Gasteiger partial charge in [0.2, 0.25) is 0 Å². The molecule has 0 spiro atoms. The summed E-state index contributed by atoms with van der Waals surface area (Å²) in [6.45, 7) is 0.595. The summed E-state index contributed by atoms with van der Waals surface area (Å²) in [6, 6.07) is 6.41. The molecule has 0 amide bonds. The molecule has 0 saturated heterocycles. The summed E-state index contributed by atoms with van der Waals surface area (Å²) in [7, 11) is 0. The number of hydrogen-bond donors (Lipinski definition) is 1. The molecule has 0 radical (unpaired) electrons. The van der Waals surface area contributed by atoms with Crippen LogP contribution in [-0.4, -0.2) is 33.6 Å². The largest absolute Gasteiger partial charge is 0.494 e. The number of benzene rings is 1. The summed E-state index contributed by atoms with van der Waals surface area (Å²) in [4.78, 5) is 10.7. The Kier molecular flexibility index (Phi) is 5.17. The molecule has 1 aromatic carbocycles. The monoisotopic (exact) mass is 296 g/mol. The van der Waals surface area contributed by atoms with Crippen molar-refractivity contribution in [3.8, 4) is 5.75 Å². The number of aromatic carboxylic acids is 1. The average Bonchev–Trinajstić information content (AvgIpc) is 2.92. The summed E-state index contributed by atoms with van der Waals surface area (Å²) in [5.41, 5.74) is 1.97. The summed E-state index contributed by atoms with van der Waals surface area (Å²) in [6.07, 6.45) is 0.894. The molecule has 2 aromatic rings. The Bertz CT molecular complexity index is 514. The van der Waals surface area contributed by atoms with E-state index in [-0.39, 0.29) is 5.56 Å². The van der Waals surface area contributed by atoms with Gasteiger partial charge >= 0.3 is 5.97 Å². The SMILES string of the molecule is O=C(O)c1ccc(OCCCSc2nncs2)cc1. The molecule has 0 bridgehead atoms. The summed E-state index contributed by atoms with van der Waals surface area (Å²) < 4.78 is 6.48. The van der Waals surface area contributed by atoms with E-state index >= 15 is 0 Å². The highest BCUT2D eigenvalue weighted by atomic mass is 32.2. The van der Waals surface area contributed by atoms with Crippen molar-refractivity contribution >= 4 is 29.1 Å². The van der Waals surface area contributed by atoms with Crippen molar-refractivity contribution in [2.24, 2.45) is 0 Å². The van der Waals surface area contributed by atoms with E-state index in [1.165, 1.54) is 23.5 Å². The quantitative estimate of drug-likeness (QED) is 0.625. The van der Waals surface area contributed by atoms with E-state index < -0.39 is 5.97 Å². The number of carbonyl (C=O) groups is 1. The molecule has 7 heteroatoms. The van der Waals surface area contributed by atoms with Crippen molar-refractivity contribution in [1.82, 2.24) is 10.2 Å². The first-order chi connectivity index (χ1) is 9.25. The minimum absolute atomic E-state index is 0.263. The summed E-state index contributed by atoms with van der Waals surface area (Å²) in [5.74, 6) is 0.675. The van der Waals surface area contributed by atoms with Crippen LogP contribution in [0, 0.1) is 0 Å². The van der Waals surface area contributed by atoms with Gasteiger partial charge in [0.25, 0.3) is 0 Å². The molecule has 2 rings (SSSR count). The molecule has 0 aliphatic rings. The van der Waals surface area contributed by atoms with Crippen LogP contribution < -0.4 is 4.74 Å². The van der Waals surface area contributed by atoms with Crippen LogP contribution in [0.2, 0.25) is 0 Å². The van der Waals surface area contributed by atoms with E-state index in [0.717, 1.165) is 16.5 Å². The Morgan fingerprint density at radius 1 is 1.37 bits per heavy atom. The zero-order chi connectivity index (χ0) is 13.5. The number of hydrogen-bond acceptors (Lipinski definition) is 6. The fourth-order valence-electron chi connectivity index (χ4n) is 1.33. The molecule has 0 unspecified atom stereocenters. The lowest BCUT2D eigenvalue weighted by Crippen LogP contribution is -2.00. The van der Waals surface area contributed by atoms with Crippen molar-refractivity contribution in [2.75, 3.05) is 12.4 Å². The van der Waals surface area contributed by atoms with Crippen LogP contribution in [0.1, 0.15) is 16.8 Å². The molecule has 0 aliphatic carbocycles. The zero-order valence-electron chi connectivity index (χ0n) is 9.98. The molecule has 0 saturated carbocycles. The van der Waals surface area contributed by atoms with Gasteiger partial charge in [-0.2, -0.15) is 0 Å². The molecular formula is C12H12N2O3S2. The maximum Gasteiger partial charge on any atom is 0.335 e. The number of aromatic nitrogens is 2. The molecule has 19 heavy (non-hydrogen) atoms. The Morgan fingerprint density at radius 2 is 2.16 bits per heavy atom. The van der Waals surface area contributed by atoms with Crippen molar-refractivity contribution in [2.45, 2.75) is 10.8 Å². The third kappa shape index (κ3) is 4.53. The van der Waals surface area contributed by atoms with Crippen molar-refractivity contribution in [3.05, 3.63) is 35.3 Å². The van der Waals surface area contributed by atoms with E-state index in [9.17, 15) is 4.79 Å². The predicted molar refractivity (Wildman–Crippen MR) is 74.1 cm³/mol. The van der Waals surface area contributed by atoms with Gasteiger partial charge in [0, 0.05) is 5.75 Å². The lowest BCUT2D eigenvalue weighted by Gasteiger charge is -2.05. The van der Waals surface area contributed by atoms with E-state index in [1.807, 2.05) is 0 Å². The smallest absolute Gasteiger partial charge is 0.335 e. The molecule has 1 aromatic heterocycles. The Morgan fingerprint density at radius 3 is 2.79 bits per heavy atom. The lowest BCUT2D eigenvalue weighted by atomic mass is 10.2. The van der Waals surface area contributed by atoms with Gasteiger partial charge in [0.15, 0.2) is 4.34 Å². The van der Waals surface area contributed by atoms with Crippen LogP contribution in [0.5, 0.6) is 5.75 Å². The Labute approximate surface area is 118 Å². The van der Waals surface area contributed by atoms with Gasteiger partial charge in [-0.15, -0.1) is 10.2 Å². The minimum atomic E-state index is -0.931. The molecule has 100 valence electrons. The first-order valence-corrected chi connectivity index (χ1v) is 7.47. The van der Waals surface area contributed by atoms with E-state index in [4.69, 9.17) is 9.84 Å².